The Morgan fingerprint density at radius 1 is 0.882 bits per heavy atom. The summed E-state index contributed by atoms with van der Waals surface area (Å²) in [5.74, 6) is -0.628. The van der Waals surface area contributed by atoms with Crippen molar-refractivity contribution >= 4 is 34.8 Å². The van der Waals surface area contributed by atoms with E-state index in [1.54, 1.807) is 41.5 Å². The first-order valence-electron chi connectivity index (χ1n) is 11.5. The van der Waals surface area contributed by atoms with Gasteiger partial charge >= 0.3 is 0 Å². The van der Waals surface area contributed by atoms with Crippen molar-refractivity contribution in [2.24, 2.45) is 5.92 Å². The van der Waals surface area contributed by atoms with Crippen molar-refractivity contribution < 1.29 is 19.2 Å². The van der Waals surface area contributed by atoms with E-state index < -0.39 is 18.1 Å². The van der Waals surface area contributed by atoms with Crippen LogP contribution in [0.1, 0.15) is 31.4 Å². The molecule has 3 unspecified atom stereocenters. The molecular weight excluding hydrogens is 452 g/mol. The fourth-order valence-corrected chi connectivity index (χ4v) is 4.62. The number of hydroxylamine groups is 1. The zero-order valence-corrected chi connectivity index (χ0v) is 19.5. The van der Waals surface area contributed by atoms with Gasteiger partial charge in [-0.15, -0.1) is 0 Å². The predicted octanol–water partition coefficient (Wildman–Crippen LogP) is 5.57. The van der Waals surface area contributed by atoms with Crippen LogP contribution in [0.5, 0.6) is 5.75 Å². The topological polar surface area (TPSA) is 59.1 Å². The molecule has 174 valence electrons. The number of benzene rings is 3. The Morgan fingerprint density at radius 2 is 1.59 bits per heavy atom. The minimum Gasteiger partial charge on any atom is -0.494 e. The van der Waals surface area contributed by atoms with Gasteiger partial charge < -0.3 is 4.74 Å². The van der Waals surface area contributed by atoms with Crippen molar-refractivity contribution in [3.05, 3.63) is 89.4 Å². The van der Waals surface area contributed by atoms with E-state index in [0.29, 0.717) is 23.1 Å². The monoisotopic (exact) mass is 476 g/mol. The molecule has 34 heavy (non-hydrogen) atoms. The van der Waals surface area contributed by atoms with Crippen LogP contribution in [0.25, 0.3) is 0 Å². The highest BCUT2D eigenvalue weighted by Crippen LogP contribution is 2.47. The van der Waals surface area contributed by atoms with Gasteiger partial charge in [-0.05, 0) is 60.5 Å². The van der Waals surface area contributed by atoms with Gasteiger partial charge in [0, 0.05) is 5.02 Å². The maximum atomic E-state index is 13.7. The zero-order valence-electron chi connectivity index (χ0n) is 18.8. The number of imide groups is 1. The van der Waals surface area contributed by atoms with Crippen LogP contribution in [0.2, 0.25) is 5.02 Å². The second-order valence-electron chi connectivity index (χ2n) is 8.42. The lowest BCUT2D eigenvalue weighted by molar-refractivity contribution is -0.126. The van der Waals surface area contributed by atoms with Crippen LogP contribution in [0, 0.1) is 5.92 Å². The number of anilines is 2. The molecule has 3 aromatic carbocycles. The molecule has 0 aliphatic carbocycles. The Balaban J connectivity index is 1.46. The van der Waals surface area contributed by atoms with Crippen molar-refractivity contribution in [1.29, 1.82) is 0 Å². The minimum absolute atomic E-state index is 0.284. The summed E-state index contributed by atoms with van der Waals surface area (Å²) in [5, 5.41) is 2.28. The first-order valence-corrected chi connectivity index (χ1v) is 11.8. The lowest BCUT2D eigenvalue weighted by atomic mass is 9.90. The smallest absolute Gasteiger partial charge is 0.266 e. The average Bonchev–Trinajstić information content (AvgIpc) is 3.37. The fraction of sp³-hybridized carbons (Fsp3) is 0.259. The highest BCUT2D eigenvalue weighted by Gasteiger charge is 2.60. The first-order chi connectivity index (χ1) is 16.6. The Morgan fingerprint density at radius 3 is 2.26 bits per heavy atom. The number of hydrogen-bond acceptors (Lipinski definition) is 5. The summed E-state index contributed by atoms with van der Waals surface area (Å²) in [6, 6.07) is 23.4. The van der Waals surface area contributed by atoms with Crippen molar-refractivity contribution in [1.82, 2.24) is 0 Å². The van der Waals surface area contributed by atoms with E-state index in [4.69, 9.17) is 21.2 Å². The second kappa shape index (κ2) is 9.49. The number of hydrogen-bond donors (Lipinski definition) is 0. The number of ether oxygens (including phenoxy) is 1. The normalized spacial score (nSPS) is 21.8. The number of nitrogens with zero attached hydrogens (tertiary/aromatic N) is 2. The standard InChI is InChI=1S/C27H25ClN2O4/c1-2-3-17-33-22-15-13-20(14-16-22)29-26(31)23-24(18-9-11-19(28)12-10-18)30(34-25(23)27(29)32)21-7-5-4-6-8-21/h4-16,23-25H,2-3,17H2,1H3. The molecule has 0 saturated carbocycles. The molecule has 0 bridgehead atoms. The van der Waals surface area contributed by atoms with E-state index in [1.165, 1.54) is 4.90 Å². The molecule has 0 radical (unpaired) electrons. The van der Waals surface area contributed by atoms with Gasteiger partial charge in [0.1, 0.15) is 11.7 Å². The summed E-state index contributed by atoms with van der Waals surface area (Å²) in [6.45, 7) is 2.74. The molecule has 5 rings (SSSR count). The Labute approximate surface area is 203 Å². The number of carbonyl (C=O) groups excluding carboxylic acids is 2. The highest BCUT2D eigenvalue weighted by molar-refractivity contribution is 6.30. The molecular formula is C27H25ClN2O4. The van der Waals surface area contributed by atoms with Gasteiger partial charge in [-0.2, -0.15) is 0 Å². The van der Waals surface area contributed by atoms with Gasteiger partial charge in [-0.25, -0.2) is 9.96 Å². The molecule has 7 heteroatoms. The second-order valence-corrected chi connectivity index (χ2v) is 8.85. The van der Waals surface area contributed by atoms with E-state index in [-0.39, 0.29) is 11.8 Å². The third-order valence-corrected chi connectivity index (χ3v) is 6.45. The number of carbonyl (C=O) groups is 2. The molecule has 2 aliphatic rings. The molecule has 2 heterocycles. The Hall–Kier alpha value is -3.35. The van der Waals surface area contributed by atoms with Gasteiger partial charge in [-0.1, -0.05) is 55.3 Å². The summed E-state index contributed by atoms with van der Waals surface area (Å²) >= 11 is 6.11. The maximum Gasteiger partial charge on any atom is 0.266 e. The lowest BCUT2D eigenvalue weighted by Crippen LogP contribution is -2.37. The summed E-state index contributed by atoms with van der Waals surface area (Å²) in [4.78, 5) is 34.5. The van der Waals surface area contributed by atoms with Gasteiger partial charge in [0.05, 0.1) is 24.0 Å². The minimum atomic E-state index is -0.908. The molecule has 2 fully saturated rings. The summed E-state index contributed by atoms with van der Waals surface area (Å²) < 4.78 is 5.71. The molecule has 3 aromatic rings. The van der Waals surface area contributed by atoms with Crippen molar-refractivity contribution in [2.75, 3.05) is 16.6 Å². The van der Waals surface area contributed by atoms with E-state index in [2.05, 4.69) is 6.92 Å². The van der Waals surface area contributed by atoms with E-state index >= 15 is 0 Å². The van der Waals surface area contributed by atoms with Crippen LogP contribution in [0.15, 0.2) is 78.9 Å². The van der Waals surface area contributed by atoms with E-state index in [9.17, 15) is 9.59 Å². The van der Waals surface area contributed by atoms with E-state index in [1.807, 2.05) is 42.5 Å². The molecule has 3 atom stereocenters. The SMILES string of the molecule is CCCCOc1ccc(N2C(=O)C3ON(c4ccccc4)C(c4ccc(Cl)cc4)C3C2=O)cc1. The van der Waals surface area contributed by atoms with Crippen molar-refractivity contribution in [3.8, 4) is 5.75 Å². The number of amides is 2. The van der Waals surface area contributed by atoms with Crippen molar-refractivity contribution in [2.45, 2.75) is 31.9 Å². The van der Waals surface area contributed by atoms with Gasteiger partial charge in [-0.3, -0.25) is 14.4 Å². The van der Waals surface area contributed by atoms with Crippen LogP contribution in [0.3, 0.4) is 0 Å². The number of halogens is 1. The molecule has 0 spiro atoms. The van der Waals surface area contributed by atoms with Gasteiger partial charge in [0.2, 0.25) is 5.91 Å². The largest absolute Gasteiger partial charge is 0.494 e. The summed E-state index contributed by atoms with van der Waals surface area (Å²) in [5.41, 5.74) is 2.14. The highest BCUT2D eigenvalue weighted by atomic mass is 35.5. The third kappa shape index (κ3) is 4.04. The van der Waals surface area contributed by atoms with Crippen molar-refractivity contribution in [3.63, 3.8) is 0 Å². The molecule has 2 amide bonds. The summed E-state index contributed by atoms with van der Waals surface area (Å²) in [7, 11) is 0. The number of para-hydroxylation sites is 1. The first kappa shape index (κ1) is 22.4. The predicted molar refractivity (Wildman–Crippen MR) is 131 cm³/mol. The molecule has 0 aromatic heterocycles. The molecule has 2 aliphatic heterocycles. The Kier molecular flexibility index (Phi) is 6.26. The molecule has 6 nitrogen and oxygen atoms in total. The quantitative estimate of drug-likeness (QED) is 0.329. The van der Waals surface area contributed by atoms with Crippen LogP contribution in [-0.2, 0) is 14.4 Å². The summed E-state index contributed by atoms with van der Waals surface area (Å²) in [6.07, 6.45) is 1.11. The van der Waals surface area contributed by atoms with Crippen LogP contribution >= 0.6 is 11.6 Å². The zero-order chi connectivity index (χ0) is 23.7. The van der Waals surface area contributed by atoms with Crippen LogP contribution in [0.4, 0.5) is 11.4 Å². The molecule has 0 N–H and O–H groups in total. The average molecular weight is 477 g/mol. The van der Waals surface area contributed by atoms with Crippen LogP contribution < -0.4 is 14.7 Å². The van der Waals surface area contributed by atoms with Gasteiger partial charge in [0.25, 0.3) is 5.91 Å². The molecule has 2 saturated heterocycles. The number of unbranched alkanes of at least 4 members (excludes halogenated alkanes) is 1. The lowest BCUT2D eigenvalue weighted by Gasteiger charge is -2.28. The Bertz CT molecular complexity index is 1170. The fourth-order valence-electron chi connectivity index (χ4n) is 4.49. The number of fused-ring (bicyclic) bond motifs is 1. The van der Waals surface area contributed by atoms with Crippen LogP contribution in [-0.4, -0.2) is 24.5 Å². The van der Waals surface area contributed by atoms with E-state index in [0.717, 1.165) is 24.1 Å². The number of rotatable bonds is 7. The van der Waals surface area contributed by atoms with Gasteiger partial charge in [0.15, 0.2) is 6.10 Å². The maximum absolute atomic E-state index is 13.7. The third-order valence-electron chi connectivity index (χ3n) is 6.20.